The van der Waals surface area contributed by atoms with E-state index in [1.54, 1.807) is 18.2 Å². The summed E-state index contributed by atoms with van der Waals surface area (Å²) in [4.78, 5) is 11.1. The summed E-state index contributed by atoms with van der Waals surface area (Å²) < 4.78 is 5.61. The van der Waals surface area contributed by atoms with Gasteiger partial charge < -0.3 is 16.2 Å². The number of ether oxygens (including phenoxy) is 1. The van der Waals surface area contributed by atoms with Crippen LogP contribution in [0.3, 0.4) is 0 Å². The highest BCUT2D eigenvalue weighted by Crippen LogP contribution is 2.12. The first-order valence-electron chi connectivity index (χ1n) is 6.46. The Morgan fingerprint density at radius 2 is 1.90 bits per heavy atom. The minimum absolute atomic E-state index is 0.427. The first-order valence-corrected chi connectivity index (χ1v) is 6.46. The molecule has 20 heavy (non-hydrogen) atoms. The molecule has 0 aliphatic heterocycles. The van der Waals surface area contributed by atoms with Gasteiger partial charge in [0, 0.05) is 11.3 Å². The van der Waals surface area contributed by atoms with Crippen molar-refractivity contribution in [2.45, 2.75) is 13.0 Å². The summed E-state index contributed by atoms with van der Waals surface area (Å²) in [5.74, 6) is -0.427. The van der Waals surface area contributed by atoms with Crippen molar-refractivity contribution in [3.8, 4) is 0 Å². The Hall–Kier alpha value is -2.33. The Kier molecular flexibility index (Phi) is 4.74. The molecule has 0 heterocycles. The number of hydrogen-bond donors (Lipinski definition) is 2. The third-order valence-electron chi connectivity index (χ3n) is 3.05. The summed E-state index contributed by atoms with van der Waals surface area (Å²) in [6.45, 7) is 1.03. The average molecular weight is 270 g/mol. The smallest absolute Gasteiger partial charge is 0.248 e. The fourth-order valence-corrected chi connectivity index (χ4v) is 1.95. The maximum Gasteiger partial charge on any atom is 0.248 e. The molecule has 0 spiro atoms. The van der Waals surface area contributed by atoms with Crippen LogP contribution in [0.5, 0.6) is 0 Å². The van der Waals surface area contributed by atoms with Crippen LogP contribution in [0.1, 0.15) is 21.5 Å². The number of carbonyl (C=O) groups excluding carboxylic acids is 1. The highest BCUT2D eigenvalue weighted by Gasteiger charge is 2.02. The molecule has 4 nitrogen and oxygen atoms in total. The Bertz CT molecular complexity index is 597. The Labute approximate surface area is 118 Å². The predicted octanol–water partition coefficient (Wildman–Crippen LogP) is 2.13. The van der Waals surface area contributed by atoms with E-state index in [1.807, 2.05) is 30.3 Å². The molecular formula is C16H18N2O2. The van der Waals surface area contributed by atoms with E-state index in [9.17, 15) is 4.79 Å². The predicted molar refractivity (Wildman–Crippen MR) is 79.2 cm³/mol. The molecule has 0 unspecified atom stereocenters. The Morgan fingerprint density at radius 3 is 2.65 bits per heavy atom. The molecule has 4 N–H and O–H groups in total. The second-order valence-corrected chi connectivity index (χ2v) is 4.57. The fourth-order valence-electron chi connectivity index (χ4n) is 1.95. The molecule has 104 valence electrons. The van der Waals surface area contributed by atoms with Crippen molar-refractivity contribution in [1.82, 2.24) is 0 Å². The zero-order valence-corrected chi connectivity index (χ0v) is 11.2. The molecule has 0 aromatic heterocycles. The molecule has 0 fully saturated rings. The van der Waals surface area contributed by atoms with Gasteiger partial charge in [-0.3, -0.25) is 4.79 Å². The molecule has 0 atom stereocenters. The number of nitrogen functional groups attached to an aromatic ring is 1. The van der Waals surface area contributed by atoms with E-state index in [1.165, 1.54) is 0 Å². The fraction of sp³-hybridized carbons (Fsp3) is 0.188. The quantitative estimate of drug-likeness (QED) is 0.623. The number of carbonyl (C=O) groups is 1. The van der Waals surface area contributed by atoms with E-state index in [2.05, 4.69) is 0 Å². The van der Waals surface area contributed by atoms with Crippen LogP contribution in [0.25, 0.3) is 0 Å². The zero-order chi connectivity index (χ0) is 14.4. The molecule has 1 amide bonds. The number of anilines is 1. The van der Waals surface area contributed by atoms with Crippen LogP contribution < -0.4 is 11.5 Å². The average Bonchev–Trinajstić information content (AvgIpc) is 2.45. The van der Waals surface area contributed by atoms with Gasteiger partial charge in [-0.2, -0.15) is 0 Å². The number of amides is 1. The van der Waals surface area contributed by atoms with Gasteiger partial charge in [0.15, 0.2) is 0 Å². The molecule has 0 saturated carbocycles. The molecule has 4 heteroatoms. The lowest BCUT2D eigenvalue weighted by molar-refractivity contribution is 0.0999. The Balaban J connectivity index is 1.83. The zero-order valence-electron chi connectivity index (χ0n) is 11.2. The first kappa shape index (κ1) is 14.1. The van der Waals surface area contributed by atoms with Gasteiger partial charge in [-0.05, 0) is 35.7 Å². The molecule has 0 aliphatic rings. The molecule has 0 bridgehead atoms. The van der Waals surface area contributed by atoms with Crippen LogP contribution in [-0.4, -0.2) is 12.5 Å². The minimum atomic E-state index is -0.427. The lowest BCUT2D eigenvalue weighted by Gasteiger charge is -2.07. The lowest BCUT2D eigenvalue weighted by Crippen LogP contribution is -2.11. The summed E-state index contributed by atoms with van der Waals surface area (Å²) in [5.41, 5.74) is 14.4. The number of rotatable bonds is 6. The van der Waals surface area contributed by atoms with Gasteiger partial charge in [0.25, 0.3) is 0 Å². The van der Waals surface area contributed by atoms with E-state index < -0.39 is 5.91 Å². The normalized spacial score (nSPS) is 10.4. The Morgan fingerprint density at radius 1 is 1.10 bits per heavy atom. The monoisotopic (exact) mass is 270 g/mol. The standard InChI is InChI=1S/C16H18N2O2/c17-15-7-2-1-5-13(15)8-9-20-11-12-4-3-6-14(10-12)16(18)19/h1-7,10H,8-9,11,17H2,(H2,18,19). The molecule has 2 rings (SSSR count). The summed E-state index contributed by atoms with van der Waals surface area (Å²) in [7, 11) is 0. The molecular weight excluding hydrogens is 252 g/mol. The van der Waals surface area contributed by atoms with Gasteiger partial charge in [0.2, 0.25) is 5.91 Å². The maximum absolute atomic E-state index is 11.1. The van der Waals surface area contributed by atoms with E-state index >= 15 is 0 Å². The highest BCUT2D eigenvalue weighted by atomic mass is 16.5. The van der Waals surface area contributed by atoms with Gasteiger partial charge in [-0.1, -0.05) is 30.3 Å². The molecule has 0 radical (unpaired) electrons. The van der Waals surface area contributed by atoms with Crippen LogP contribution in [0.4, 0.5) is 5.69 Å². The highest BCUT2D eigenvalue weighted by molar-refractivity contribution is 5.92. The number of hydrogen-bond acceptors (Lipinski definition) is 3. The van der Waals surface area contributed by atoms with Crippen LogP contribution in [-0.2, 0) is 17.8 Å². The third-order valence-corrected chi connectivity index (χ3v) is 3.05. The van der Waals surface area contributed by atoms with Gasteiger partial charge in [0.05, 0.1) is 13.2 Å². The van der Waals surface area contributed by atoms with Crippen molar-refractivity contribution < 1.29 is 9.53 Å². The number of nitrogens with two attached hydrogens (primary N) is 2. The second kappa shape index (κ2) is 6.73. The van der Waals surface area contributed by atoms with Gasteiger partial charge >= 0.3 is 0 Å². The van der Waals surface area contributed by atoms with E-state index in [0.717, 1.165) is 23.2 Å². The van der Waals surface area contributed by atoms with Crippen LogP contribution in [0.2, 0.25) is 0 Å². The summed E-state index contributed by atoms with van der Waals surface area (Å²) >= 11 is 0. The second-order valence-electron chi connectivity index (χ2n) is 4.57. The largest absolute Gasteiger partial charge is 0.399 e. The van der Waals surface area contributed by atoms with Crippen LogP contribution >= 0.6 is 0 Å². The van der Waals surface area contributed by atoms with Crippen LogP contribution in [0, 0.1) is 0 Å². The van der Waals surface area contributed by atoms with E-state index in [-0.39, 0.29) is 0 Å². The third kappa shape index (κ3) is 3.83. The lowest BCUT2D eigenvalue weighted by atomic mass is 10.1. The molecule has 0 aliphatic carbocycles. The summed E-state index contributed by atoms with van der Waals surface area (Å²) in [6, 6.07) is 14.9. The summed E-state index contributed by atoms with van der Waals surface area (Å²) in [5, 5.41) is 0. The maximum atomic E-state index is 11.1. The molecule has 0 saturated heterocycles. The van der Waals surface area contributed by atoms with Gasteiger partial charge in [-0.25, -0.2) is 0 Å². The number of para-hydroxylation sites is 1. The number of benzene rings is 2. The topological polar surface area (TPSA) is 78.3 Å². The van der Waals surface area contributed by atoms with Crippen molar-refractivity contribution in [3.63, 3.8) is 0 Å². The molecule has 2 aromatic carbocycles. The number of primary amides is 1. The molecule has 2 aromatic rings. The van der Waals surface area contributed by atoms with Gasteiger partial charge in [-0.15, -0.1) is 0 Å². The van der Waals surface area contributed by atoms with E-state index in [0.29, 0.717) is 18.8 Å². The van der Waals surface area contributed by atoms with Crippen molar-refractivity contribution in [2.75, 3.05) is 12.3 Å². The summed E-state index contributed by atoms with van der Waals surface area (Å²) in [6.07, 6.45) is 0.766. The first-order chi connectivity index (χ1) is 9.66. The van der Waals surface area contributed by atoms with Crippen molar-refractivity contribution >= 4 is 11.6 Å². The SMILES string of the molecule is NC(=O)c1cccc(COCCc2ccccc2N)c1. The van der Waals surface area contributed by atoms with Crippen molar-refractivity contribution in [3.05, 3.63) is 65.2 Å². The van der Waals surface area contributed by atoms with Crippen LogP contribution in [0.15, 0.2) is 48.5 Å². The van der Waals surface area contributed by atoms with Gasteiger partial charge in [0.1, 0.15) is 0 Å². The van der Waals surface area contributed by atoms with Crippen molar-refractivity contribution in [1.29, 1.82) is 0 Å². The minimum Gasteiger partial charge on any atom is -0.399 e. The van der Waals surface area contributed by atoms with Crippen molar-refractivity contribution in [2.24, 2.45) is 5.73 Å². The van der Waals surface area contributed by atoms with E-state index in [4.69, 9.17) is 16.2 Å².